The van der Waals surface area contributed by atoms with Crippen LogP contribution in [0, 0.1) is 0 Å². The molecule has 20 heavy (non-hydrogen) atoms. The zero-order chi connectivity index (χ0) is 14.6. The van der Waals surface area contributed by atoms with Crippen LogP contribution in [0.1, 0.15) is 0 Å². The molecule has 0 saturated heterocycles. The molecule has 0 atom stereocenters. The SMILES string of the molecule is Cn1cc(S(=O)(=O)Nc2ccc(OCCN)cc2)cn1. The molecule has 0 bridgehead atoms. The number of nitrogens with two attached hydrogens (primary N) is 1. The van der Waals surface area contributed by atoms with E-state index in [1.807, 2.05) is 0 Å². The number of sulfonamides is 1. The Balaban J connectivity index is 2.09. The van der Waals surface area contributed by atoms with Crippen molar-refractivity contribution < 1.29 is 13.2 Å². The molecule has 3 N–H and O–H groups in total. The number of anilines is 1. The van der Waals surface area contributed by atoms with Crippen LogP contribution in [-0.4, -0.2) is 31.3 Å². The lowest BCUT2D eigenvalue weighted by molar-refractivity contribution is 0.328. The highest BCUT2D eigenvalue weighted by molar-refractivity contribution is 7.92. The highest BCUT2D eigenvalue weighted by atomic mass is 32.2. The topological polar surface area (TPSA) is 99.2 Å². The summed E-state index contributed by atoms with van der Waals surface area (Å²) in [5.74, 6) is 0.639. The van der Waals surface area contributed by atoms with Crippen molar-refractivity contribution in [3.05, 3.63) is 36.7 Å². The van der Waals surface area contributed by atoms with Gasteiger partial charge in [-0.3, -0.25) is 9.40 Å². The van der Waals surface area contributed by atoms with Gasteiger partial charge in [0, 0.05) is 25.5 Å². The van der Waals surface area contributed by atoms with E-state index in [0.29, 0.717) is 24.6 Å². The predicted octanol–water partition coefficient (Wildman–Crippen LogP) is 0.558. The summed E-state index contributed by atoms with van der Waals surface area (Å²) in [6, 6.07) is 6.60. The van der Waals surface area contributed by atoms with Gasteiger partial charge in [-0.25, -0.2) is 8.42 Å². The second-order valence-corrected chi connectivity index (χ2v) is 5.80. The monoisotopic (exact) mass is 296 g/mol. The average molecular weight is 296 g/mol. The minimum Gasteiger partial charge on any atom is -0.492 e. The van der Waals surface area contributed by atoms with Crippen LogP contribution in [0.25, 0.3) is 0 Å². The fourth-order valence-electron chi connectivity index (χ4n) is 1.55. The van der Waals surface area contributed by atoms with Crippen molar-refractivity contribution in [2.45, 2.75) is 4.90 Å². The summed E-state index contributed by atoms with van der Waals surface area (Å²) in [7, 11) is -1.96. The number of benzene rings is 1. The molecule has 0 aliphatic carbocycles. The van der Waals surface area contributed by atoms with Gasteiger partial charge in [-0.15, -0.1) is 0 Å². The van der Waals surface area contributed by atoms with Crippen molar-refractivity contribution in [2.24, 2.45) is 12.8 Å². The Morgan fingerprint density at radius 1 is 1.35 bits per heavy atom. The first-order valence-corrected chi connectivity index (χ1v) is 7.44. The molecule has 1 aromatic carbocycles. The van der Waals surface area contributed by atoms with Crippen LogP contribution in [0.3, 0.4) is 0 Å². The Morgan fingerprint density at radius 3 is 2.60 bits per heavy atom. The summed E-state index contributed by atoms with van der Waals surface area (Å²) in [4.78, 5) is 0.114. The minimum absolute atomic E-state index is 0.114. The van der Waals surface area contributed by atoms with Crippen LogP contribution < -0.4 is 15.2 Å². The van der Waals surface area contributed by atoms with Crippen molar-refractivity contribution in [3.63, 3.8) is 0 Å². The fraction of sp³-hybridized carbons (Fsp3) is 0.250. The number of hydrogen-bond donors (Lipinski definition) is 2. The van der Waals surface area contributed by atoms with Gasteiger partial charge in [-0.05, 0) is 24.3 Å². The second-order valence-electron chi connectivity index (χ2n) is 4.12. The van der Waals surface area contributed by atoms with Gasteiger partial charge in [0.15, 0.2) is 0 Å². The molecule has 2 rings (SSSR count). The van der Waals surface area contributed by atoms with E-state index in [-0.39, 0.29) is 4.90 Å². The molecule has 108 valence electrons. The number of nitrogens with zero attached hydrogens (tertiary/aromatic N) is 2. The molecule has 0 amide bonds. The summed E-state index contributed by atoms with van der Waals surface area (Å²) in [5, 5.41) is 3.84. The molecule has 1 aromatic heterocycles. The third kappa shape index (κ3) is 3.49. The molecular weight excluding hydrogens is 280 g/mol. The maximum atomic E-state index is 12.1. The molecule has 8 heteroatoms. The number of aromatic nitrogens is 2. The van der Waals surface area contributed by atoms with E-state index < -0.39 is 10.0 Å². The molecule has 0 spiro atoms. The van der Waals surface area contributed by atoms with Crippen LogP contribution in [0.5, 0.6) is 5.75 Å². The summed E-state index contributed by atoms with van der Waals surface area (Å²) < 4.78 is 33.3. The van der Waals surface area contributed by atoms with E-state index in [1.54, 1.807) is 31.3 Å². The summed E-state index contributed by atoms with van der Waals surface area (Å²) in [5.41, 5.74) is 5.78. The first-order chi connectivity index (χ1) is 9.51. The lowest BCUT2D eigenvalue weighted by Crippen LogP contribution is -2.12. The standard InChI is InChI=1S/C12H16N4O3S/c1-16-9-12(8-14-16)20(17,18)15-10-2-4-11(5-3-10)19-7-6-13/h2-5,8-9,15H,6-7,13H2,1H3. The summed E-state index contributed by atoms with van der Waals surface area (Å²) in [6.07, 6.45) is 2.72. The fourth-order valence-corrected chi connectivity index (χ4v) is 2.59. The molecule has 0 aliphatic rings. The van der Waals surface area contributed by atoms with Gasteiger partial charge >= 0.3 is 0 Å². The molecule has 1 heterocycles. The maximum Gasteiger partial charge on any atom is 0.265 e. The Morgan fingerprint density at radius 2 is 2.05 bits per heavy atom. The quantitative estimate of drug-likeness (QED) is 0.811. The highest BCUT2D eigenvalue weighted by Crippen LogP contribution is 2.19. The van der Waals surface area contributed by atoms with E-state index >= 15 is 0 Å². The van der Waals surface area contributed by atoms with E-state index in [9.17, 15) is 8.42 Å². The van der Waals surface area contributed by atoms with E-state index in [1.165, 1.54) is 17.1 Å². The van der Waals surface area contributed by atoms with Crippen molar-refractivity contribution in [1.29, 1.82) is 0 Å². The van der Waals surface area contributed by atoms with Crippen LogP contribution in [0.2, 0.25) is 0 Å². The highest BCUT2D eigenvalue weighted by Gasteiger charge is 2.15. The van der Waals surface area contributed by atoms with E-state index in [4.69, 9.17) is 10.5 Å². The van der Waals surface area contributed by atoms with Crippen LogP contribution in [0.4, 0.5) is 5.69 Å². The van der Waals surface area contributed by atoms with E-state index in [2.05, 4.69) is 9.82 Å². The van der Waals surface area contributed by atoms with Gasteiger partial charge in [-0.2, -0.15) is 5.10 Å². The number of ether oxygens (including phenoxy) is 1. The molecule has 2 aromatic rings. The third-order valence-corrected chi connectivity index (χ3v) is 3.82. The lowest BCUT2D eigenvalue weighted by atomic mass is 10.3. The Hall–Kier alpha value is -2.06. The molecule has 0 unspecified atom stereocenters. The summed E-state index contributed by atoms with van der Waals surface area (Å²) >= 11 is 0. The molecule has 0 radical (unpaired) electrons. The largest absolute Gasteiger partial charge is 0.492 e. The van der Waals surface area contributed by atoms with Crippen LogP contribution in [0.15, 0.2) is 41.6 Å². The van der Waals surface area contributed by atoms with Crippen LogP contribution in [-0.2, 0) is 17.1 Å². The van der Waals surface area contributed by atoms with E-state index in [0.717, 1.165) is 0 Å². The van der Waals surface area contributed by atoms with Gasteiger partial charge in [0.1, 0.15) is 17.3 Å². The van der Waals surface area contributed by atoms with Gasteiger partial charge in [0.2, 0.25) is 0 Å². The lowest BCUT2D eigenvalue weighted by Gasteiger charge is -2.08. The average Bonchev–Trinajstić information content (AvgIpc) is 2.85. The predicted molar refractivity (Wildman–Crippen MR) is 75.0 cm³/mol. The smallest absolute Gasteiger partial charge is 0.265 e. The zero-order valence-electron chi connectivity index (χ0n) is 11.0. The van der Waals surface area contributed by atoms with Gasteiger partial charge in [0.05, 0.1) is 6.20 Å². The molecule has 7 nitrogen and oxygen atoms in total. The number of nitrogens with one attached hydrogen (secondary N) is 1. The van der Waals surface area contributed by atoms with Gasteiger partial charge in [0.25, 0.3) is 10.0 Å². The summed E-state index contributed by atoms with van der Waals surface area (Å²) in [6.45, 7) is 0.843. The van der Waals surface area contributed by atoms with Crippen molar-refractivity contribution in [1.82, 2.24) is 9.78 Å². The molecule has 0 fully saturated rings. The number of hydrogen-bond acceptors (Lipinski definition) is 5. The Kier molecular flexibility index (Phi) is 4.26. The second kappa shape index (κ2) is 5.93. The van der Waals surface area contributed by atoms with Crippen molar-refractivity contribution in [2.75, 3.05) is 17.9 Å². The molecule has 0 aliphatic heterocycles. The van der Waals surface area contributed by atoms with Crippen LogP contribution >= 0.6 is 0 Å². The first kappa shape index (κ1) is 14.4. The normalized spacial score (nSPS) is 11.3. The zero-order valence-corrected chi connectivity index (χ0v) is 11.8. The van der Waals surface area contributed by atoms with Crippen molar-refractivity contribution >= 4 is 15.7 Å². The Labute approximate surface area is 117 Å². The number of aryl methyl sites for hydroxylation is 1. The first-order valence-electron chi connectivity index (χ1n) is 5.95. The third-order valence-electron chi connectivity index (χ3n) is 2.48. The molecular formula is C12H16N4O3S. The van der Waals surface area contributed by atoms with Crippen molar-refractivity contribution in [3.8, 4) is 5.75 Å². The molecule has 0 saturated carbocycles. The minimum atomic E-state index is -3.62. The Bertz CT molecular complexity index is 664. The van der Waals surface area contributed by atoms with Gasteiger partial charge < -0.3 is 10.5 Å². The van der Waals surface area contributed by atoms with Gasteiger partial charge in [-0.1, -0.05) is 0 Å². The maximum absolute atomic E-state index is 12.1. The number of rotatable bonds is 6.